The molecule has 0 saturated heterocycles. The van der Waals surface area contributed by atoms with Crippen molar-refractivity contribution < 1.29 is 0 Å². The molecule has 1 nitrogen and oxygen atoms in total. The Morgan fingerprint density at radius 3 is 1.88 bits per heavy atom. The van der Waals surface area contributed by atoms with E-state index in [2.05, 4.69) is 24.1 Å². The summed E-state index contributed by atoms with van der Waals surface area (Å²) >= 11 is 0. The highest BCUT2D eigenvalue weighted by Crippen LogP contribution is 2.10. The molecule has 0 spiro atoms. The van der Waals surface area contributed by atoms with Crippen molar-refractivity contribution in [1.82, 2.24) is 5.32 Å². The van der Waals surface area contributed by atoms with Crippen LogP contribution in [0.2, 0.25) is 0 Å². The minimum absolute atomic E-state index is 1.05. The van der Waals surface area contributed by atoms with E-state index in [-0.39, 0.29) is 0 Å². The van der Waals surface area contributed by atoms with Gasteiger partial charge in [-0.25, -0.2) is 0 Å². The van der Waals surface area contributed by atoms with Gasteiger partial charge in [-0.15, -0.1) is 5.92 Å². The number of rotatable bonds is 11. The highest BCUT2D eigenvalue weighted by Gasteiger charge is 1.91. The lowest BCUT2D eigenvalue weighted by molar-refractivity contribution is 0.558. The van der Waals surface area contributed by atoms with E-state index in [0.29, 0.717) is 0 Å². The molecular weight excluding hydrogens is 206 g/mol. The molecule has 0 heterocycles. The fourth-order valence-corrected chi connectivity index (χ4v) is 1.90. The first-order valence-corrected chi connectivity index (χ1v) is 7.39. The largest absolute Gasteiger partial charge is 0.305 e. The summed E-state index contributed by atoms with van der Waals surface area (Å²) in [5.74, 6) is 6.12. The molecule has 0 unspecified atom stereocenters. The van der Waals surface area contributed by atoms with Gasteiger partial charge >= 0.3 is 0 Å². The zero-order chi connectivity index (χ0) is 12.6. The Morgan fingerprint density at radius 1 is 0.824 bits per heavy atom. The Kier molecular flexibility index (Phi) is 15.1. The molecule has 1 N–H and O–H groups in total. The van der Waals surface area contributed by atoms with E-state index in [1.165, 1.54) is 64.2 Å². The molecule has 0 aromatic heterocycles. The summed E-state index contributed by atoms with van der Waals surface area (Å²) in [6, 6.07) is 0. The van der Waals surface area contributed by atoms with E-state index in [9.17, 15) is 0 Å². The van der Waals surface area contributed by atoms with Gasteiger partial charge in [-0.05, 0) is 13.5 Å². The maximum absolute atomic E-state index is 3.14. The summed E-state index contributed by atoms with van der Waals surface area (Å²) in [5, 5.41) is 2.91. The van der Waals surface area contributed by atoms with Crippen molar-refractivity contribution >= 4 is 0 Å². The van der Waals surface area contributed by atoms with Crippen LogP contribution in [0.15, 0.2) is 0 Å². The summed E-state index contributed by atoms with van der Waals surface area (Å²) in [5.41, 5.74) is 0. The lowest BCUT2D eigenvalue weighted by atomic mass is 10.1. The van der Waals surface area contributed by atoms with Crippen LogP contribution in [0.1, 0.15) is 77.6 Å². The van der Waals surface area contributed by atoms with Crippen LogP contribution in [-0.4, -0.2) is 7.05 Å². The quantitative estimate of drug-likeness (QED) is 0.405. The number of nitrogens with one attached hydrogen (secondary N) is 1. The topological polar surface area (TPSA) is 12.0 Å². The smallest absolute Gasteiger partial charge is 0.0956 e. The van der Waals surface area contributed by atoms with Crippen LogP contribution in [-0.2, 0) is 0 Å². The van der Waals surface area contributed by atoms with E-state index in [1.807, 2.05) is 7.05 Å². The van der Waals surface area contributed by atoms with Crippen LogP contribution in [0.4, 0.5) is 0 Å². The zero-order valence-corrected chi connectivity index (χ0v) is 11.9. The minimum Gasteiger partial charge on any atom is -0.305 e. The average molecular weight is 236 g/mol. The molecule has 1 radical (unpaired) electrons. The van der Waals surface area contributed by atoms with Crippen molar-refractivity contribution in [2.45, 2.75) is 77.6 Å². The molecule has 0 aliphatic carbocycles. The van der Waals surface area contributed by atoms with Gasteiger partial charge in [0.15, 0.2) is 0 Å². The predicted octanol–water partition coefficient (Wildman–Crippen LogP) is 4.68. The molecule has 0 fully saturated rings. The lowest BCUT2D eigenvalue weighted by Crippen LogP contribution is -1.96. The Morgan fingerprint density at radius 2 is 1.35 bits per heavy atom. The van der Waals surface area contributed by atoms with Gasteiger partial charge in [-0.1, -0.05) is 70.6 Å². The lowest BCUT2D eigenvalue weighted by Gasteiger charge is -2.00. The van der Waals surface area contributed by atoms with Gasteiger partial charge in [-0.2, -0.15) is 0 Å². The summed E-state index contributed by atoms with van der Waals surface area (Å²) in [6.07, 6.45) is 15.0. The van der Waals surface area contributed by atoms with E-state index in [4.69, 9.17) is 0 Å². The Bertz CT molecular complexity index is 187. The first-order valence-electron chi connectivity index (χ1n) is 7.39. The zero-order valence-electron chi connectivity index (χ0n) is 11.9. The molecule has 0 rings (SSSR count). The Hall–Kier alpha value is -0.480. The van der Waals surface area contributed by atoms with E-state index >= 15 is 0 Å². The molecule has 0 aromatic rings. The highest BCUT2D eigenvalue weighted by molar-refractivity contribution is 5.07. The van der Waals surface area contributed by atoms with Gasteiger partial charge < -0.3 is 5.32 Å². The normalized spacial score (nSPS) is 10.0. The van der Waals surface area contributed by atoms with Crippen molar-refractivity contribution in [2.75, 3.05) is 7.05 Å². The summed E-state index contributed by atoms with van der Waals surface area (Å²) in [7, 11) is 1.88. The van der Waals surface area contributed by atoms with Crippen molar-refractivity contribution in [1.29, 1.82) is 0 Å². The number of unbranched alkanes of at least 4 members (excludes halogenated alkanes) is 10. The second-order valence-corrected chi connectivity index (χ2v) is 4.69. The Balaban J connectivity index is 2.97. The predicted molar refractivity (Wildman–Crippen MR) is 77.6 cm³/mol. The third-order valence-corrected chi connectivity index (χ3v) is 2.97. The summed E-state index contributed by atoms with van der Waals surface area (Å²) in [4.78, 5) is 0. The van der Waals surface area contributed by atoms with Gasteiger partial charge in [0.05, 0.1) is 6.54 Å². The maximum atomic E-state index is 3.14. The minimum atomic E-state index is 1.05. The van der Waals surface area contributed by atoms with E-state index in [1.54, 1.807) is 6.54 Å². The van der Waals surface area contributed by atoms with Gasteiger partial charge in [0.1, 0.15) is 0 Å². The molecule has 0 saturated carbocycles. The number of hydrogen-bond donors (Lipinski definition) is 1. The van der Waals surface area contributed by atoms with Crippen LogP contribution in [0, 0.1) is 18.4 Å². The van der Waals surface area contributed by atoms with Crippen LogP contribution < -0.4 is 5.32 Å². The van der Waals surface area contributed by atoms with E-state index in [0.717, 1.165) is 6.42 Å². The SMILES string of the molecule is CCCCCCCCCCCCC#C[CH]NC. The number of hydrogen-bond acceptors (Lipinski definition) is 1. The molecule has 0 aromatic carbocycles. The highest BCUT2D eigenvalue weighted by atomic mass is 14.8. The molecule has 0 atom stereocenters. The molecule has 0 bridgehead atoms. The van der Waals surface area contributed by atoms with Crippen molar-refractivity contribution in [3.8, 4) is 11.8 Å². The summed E-state index contributed by atoms with van der Waals surface area (Å²) < 4.78 is 0. The summed E-state index contributed by atoms with van der Waals surface area (Å²) in [6.45, 7) is 4.08. The van der Waals surface area contributed by atoms with Crippen molar-refractivity contribution in [3.63, 3.8) is 0 Å². The first kappa shape index (κ1) is 16.5. The molecule has 99 valence electrons. The fraction of sp³-hybridized carbons (Fsp3) is 0.812. The van der Waals surface area contributed by atoms with Crippen LogP contribution in [0.5, 0.6) is 0 Å². The monoisotopic (exact) mass is 236 g/mol. The fourth-order valence-electron chi connectivity index (χ4n) is 1.90. The molecule has 0 amide bonds. The van der Waals surface area contributed by atoms with Gasteiger partial charge in [0.25, 0.3) is 0 Å². The van der Waals surface area contributed by atoms with Gasteiger partial charge in [-0.3, -0.25) is 0 Å². The van der Waals surface area contributed by atoms with Crippen molar-refractivity contribution in [3.05, 3.63) is 6.54 Å². The molecule has 1 heteroatoms. The van der Waals surface area contributed by atoms with Gasteiger partial charge in [0, 0.05) is 6.42 Å². The molecular formula is C16H30N. The third kappa shape index (κ3) is 15.5. The third-order valence-electron chi connectivity index (χ3n) is 2.97. The molecule has 0 aliphatic rings. The van der Waals surface area contributed by atoms with Crippen molar-refractivity contribution in [2.24, 2.45) is 0 Å². The second-order valence-electron chi connectivity index (χ2n) is 4.69. The van der Waals surface area contributed by atoms with E-state index < -0.39 is 0 Å². The molecule has 17 heavy (non-hydrogen) atoms. The first-order chi connectivity index (χ1) is 8.41. The van der Waals surface area contributed by atoms with Gasteiger partial charge in [0.2, 0.25) is 0 Å². The Labute approximate surface area is 109 Å². The second kappa shape index (κ2) is 15.5. The average Bonchev–Trinajstić information content (AvgIpc) is 2.35. The standard InChI is InChI=1S/C16H30N/c1-3-4-5-6-7-8-9-10-11-12-13-14-15-16-17-2/h16-17H,3-13H2,1-2H3. The van der Waals surface area contributed by atoms with Crippen LogP contribution in [0.25, 0.3) is 0 Å². The van der Waals surface area contributed by atoms with Crippen LogP contribution in [0.3, 0.4) is 0 Å². The maximum Gasteiger partial charge on any atom is 0.0956 e. The van der Waals surface area contributed by atoms with Crippen LogP contribution >= 0.6 is 0 Å². The molecule has 0 aliphatic heterocycles.